The van der Waals surface area contributed by atoms with Crippen LogP contribution in [-0.4, -0.2) is 19.9 Å². The van der Waals surface area contributed by atoms with Crippen molar-refractivity contribution >= 4 is 39.0 Å². The number of fused-ring (bicyclic) bond motifs is 1. The van der Waals surface area contributed by atoms with E-state index in [0.29, 0.717) is 6.54 Å². The molecule has 3 aromatic heterocycles. The maximum atomic E-state index is 5.96. The van der Waals surface area contributed by atoms with Gasteiger partial charge < -0.3 is 10.3 Å². The maximum absolute atomic E-state index is 5.96. The van der Waals surface area contributed by atoms with Gasteiger partial charge in [0.05, 0.1) is 24.0 Å². The van der Waals surface area contributed by atoms with Crippen LogP contribution in [0.25, 0.3) is 10.2 Å². The molecule has 0 saturated carbocycles. The fourth-order valence-corrected chi connectivity index (χ4v) is 3.00. The number of aromatic amines is 1. The summed E-state index contributed by atoms with van der Waals surface area (Å²) in [6.45, 7) is 2.75. The van der Waals surface area contributed by atoms with Gasteiger partial charge in [-0.25, -0.2) is 15.0 Å². The molecule has 0 aliphatic heterocycles. The molecule has 0 spiro atoms. The molecule has 7 heteroatoms. The highest BCUT2D eigenvalue weighted by Crippen LogP contribution is 2.30. The first kappa shape index (κ1) is 12.4. The summed E-state index contributed by atoms with van der Waals surface area (Å²) in [7, 11) is 0. The molecular formula is C12H12ClN5S. The van der Waals surface area contributed by atoms with Gasteiger partial charge in [-0.05, 0) is 24.1 Å². The second-order valence-corrected chi connectivity index (χ2v) is 5.51. The summed E-state index contributed by atoms with van der Waals surface area (Å²) in [6.07, 6.45) is 4.41. The Hall–Kier alpha value is -1.66. The van der Waals surface area contributed by atoms with Gasteiger partial charge in [-0.2, -0.15) is 0 Å². The lowest BCUT2D eigenvalue weighted by molar-refractivity contribution is 1.05. The second-order valence-electron chi connectivity index (χ2n) is 4.06. The number of aromatic nitrogens is 4. The first-order valence-corrected chi connectivity index (χ1v) is 7.12. The van der Waals surface area contributed by atoms with Crippen molar-refractivity contribution in [3.8, 4) is 0 Å². The van der Waals surface area contributed by atoms with Crippen molar-refractivity contribution in [2.24, 2.45) is 0 Å². The monoisotopic (exact) mass is 293 g/mol. The van der Waals surface area contributed by atoms with Crippen LogP contribution in [-0.2, 0) is 13.0 Å². The zero-order valence-electron chi connectivity index (χ0n) is 10.3. The second kappa shape index (κ2) is 5.14. The van der Waals surface area contributed by atoms with Crippen LogP contribution in [0, 0.1) is 0 Å². The average molecular weight is 294 g/mol. The third kappa shape index (κ3) is 2.54. The largest absolute Gasteiger partial charge is 0.364 e. The van der Waals surface area contributed by atoms with Crippen molar-refractivity contribution in [3.63, 3.8) is 0 Å². The fraction of sp³-hybridized carbons (Fsp3) is 0.250. The highest BCUT2D eigenvalue weighted by Gasteiger charge is 2.10. The van der Waals surface area contributed by atoms with Crippen LogP contribution in [0.4, 0.5) is 5.82 Å². The Morgan fingerprint density at radius 1 is 1.42 bits per heavy atom. The summed E-state index contributed by atoms with van der Waals surface area (Å²) >= 11 is 7.61. The zero-order chi connectivity index (χ0) is 13.2. The molecule has 2 N–H and O–H groups in total. The number of hydrogen-bond acceptors (Lipinski definition) is 5. The van der Waals surface area contributed by atoms with Gasteiger partial charge >= 0.3 is 0 Å². The molecule has 0 fully saturated rings. The van der Waals surface area contributed by atoms with Crippen molar-refractivity contribution in [1.82, 2.24) is 19.9 Å². The molecule has 0 unspecified atom stereocenters. The van der Waals surface area contributed by atoms with E-state index in [1.807, 2.05) is 0 Å². The Morgan fingerprint density at radius 2 is 2.32 bits per heavy atom. The summed E-state index contributed by atoms with van der Waals surface area (Å²) in [5.74, 6) is 0.764. The van der Waals surface area contributed by atoms with Crippen molar-refractivity contribution in [2.75, 3.05) is 5.32 Å². The third-order valence-corrected chi connectivity index (χ3v) is 4.11. The number of imidazole rings is 1. The predicted octanol–water partition coefficient (Wildman–Crippen LogP) is 3.24. The first-order valence-electron chi connectivity index (χ1n) is 5.93. The minimum atomic E-state index is 0.268. The molecule has 0 amide bonds. The van der Waals surface area contributed by atoms with Gasteiger partial charge in [-0.3, -0.25) is 0 Å². The fourth-order valence-electron chi connectivity index (χ4n) is 1.81. The molecule has 0 aliphatic rings. The van der Waals surface area contributed by atoms with E-state index < -0.39 is 0 Å². The molecule has 0 radical (unpaired) electrons. The number of anilines is 1. The van der Waals surface area contributed by atoms with Crippen molar-refractivity contribution in [3.05, 3.63) is 34.4 Å². The number of thiophene rings is 1. The Bertz CT molecular complexity index is 692. The lowest BCUT2D eigenvalue weighted by atomic mass is 10.3. The number of H-pyrrole nitrogens is 1. The number of aryl methyl sites for hydroxylation is 1. The predicted molar refractivity (Wildman–Crippen MR) is 77.7 cm³/mol. The van der Waals surface area contributed by atoms with Crippen LogP contribution in [0.3, 0.4) is 0 Å². The Balaban J connectivity index is 1.94. The number of nitrogens with one attached hydrogen (secondary N) is 2. The first-order chi connectivity index (χ1) is 9.26. The van der Waals surface area contributed by atoms with Crippen LogP contribution in [0.5, 0.6) is 0 Å². The molecule has 5 nitrogen and oxygen atoms in total. The molecule has 0 saturated heterocycles. The summed E-state index contributed by atoms with van der Waals surface area (Å²) in [6, 6.07) is 2.12. The van der Waals surface area contributed by atoms with Gasteiger partial charge in [-0.1, -0.05) is 6.92 Å². The van der Waals surface area contributed by atoms with Crippen LogP contribution < -0.4 is 5.32 Å². The third-order valence-electron chi connectivity index (χ3n) is 2.77. The SMILES string of the molecule is CCc1cc2c(NCc3cnc[nH]3)nc(Cl)nc2s1. The Labute approximate surface area is 119 Å². The van der Waals surface area contributed by atoms with Crippen molar-refractivity contribution < 1.29 is 0 Å². The highest BCUT2D eigenvalue weighted by molar-refractivity contribution is 7.18. The normalized spacial score (nSPS) is 11.1. The lowest BCUT2D eigenvalue weighted by Gasteiger charge is -2.05. The number of nitrogens with zero attached hydrogens (tertiary/aromatic N) is 3. The number of halogens is 1. The van der Waals surface area contributed by atoms with E-state index in [1.165, 1.54) is 4.88 Å². The van der Waals surface area contributed by atoms with Gasteiger partial charge in [-0.15, -0.1) is 11.3 Å². The molecule has 0 aromatic carbocycles. The Kier molecular flexibility index (Phi) is 3.35. The summed E-state index contributed by atoms with van der Waals surface area (Å²) in [5.41, 5.74) is 0.994. The number of rotatable bonds is 4. The van der Waals surface area contributed by atoms with E-state index in [1.54, 1.807) is 23.9 Å². The van der Waals surface area contributed by atoms with Gasteiger partial charge in [0.15, 0.2) is 0 Å². The average Bonchev–Trinajstić information content (AvgIpc) is 3.04. The highest BCUT2D eigenvalue weighted by atomic mass is 35.5. The summed E-state index contributed by atoms with van der Waals surface area (Å²) < 4.78 is 0. The van der Waals surface area contributed by atoms with Gasteiger partial charge in [0, 0.05) is 11.1 Å². The van der Waals surface area contributed by atoms with Crippen LogP contribution >= 0.6 is 22.9 Å². The Morgan fingerprint density at radius 3 is 3.05 bits per heavy atom. The number of hydrogen-bond donors (Lipinski definition) is 2. The molecule has 3 heterocycles. The van der Waals surface area contributed by atoms with Gasteiger partial charge in [0.25, 0.3) is 0 Å². The van der Waals surface area contributed by atoms with Gasteiger partial charge in [0.1, 0.15) is 10.6 Å². The van der Waals surface area contributed by atoms with Crippen LogP contribution in [0.15, 0.2) is 18.6 Å². The van der Waals surface area contributed by atoms with E-state index in [-0.39, 0.29) is 5.28 Å². The maximum Gasteiger partial charge on any atom is 0.225 e. The van der Waals surface area contributed by atoms with Crippen LogP contribution in [0.1, 0.15) is 17.5 Å². The van der Waals surface area contributed by atoms with E-state index in [2.05, 4.69) is 38.2 Å². The lowest BCUT2D eigenvalue weighted by Crippen LogP contribution is -2.02. The minimum absolute atomic E-state index is 0.268. The molecule has 0 atom stereocenters. The summed E-state index contributed by atoms with van der Waals surface area (Å²) in [4.78, 5) is 17.7. The standard InChI is InChI=1S/C12H12ClN5S/c1-2-8-3-9-10(15-5-7-4-14-6-16-7)17-12(13)18-11(9)19-8/h3-4,6H,2,5H2,1H3,(H,14,16)(H,15,17,18). The van der Waals surface area contributed by atoms with E-state index in [0.717, 1.165) is 28.1 Å². The zero-order valence-corrected chi connectivity index (χ0v) is 11.8. The topological polar surface area (TPSA) is 66.5 Å². The molecule has 0 bridgehead atoms. The van der Waals surface area contributed by atoms with E-state index >= 15 is 0 Å². The molecule has 0 aliphatic carbocycles. The molecule has 19 heavy (non-hydrogen) atoms. The van der Waals surface area contributed by atoms with Crippen molar-refractivity contribution in [1.29, 1.82) is 0 Å². The molecule has 3 aromatic rings. The quantitative estimate of drug-likeness (QED) is 0.725. The summed E-state index contributed by atoms with van der Waals surface area (Å²) in [5, 5.41) is 4.56. The van der Waals surface area contributed by atoms with E-state index in [9.17, 15) is 0 Å². The molecule has 3 rings (SSSR count). The van der Waals surface area contributed by atoms with Gasteiger partial charge in [0.2, 0.25) is 5.28 Å². The minimum Gasteiger partial charge on any atom is -0.364 e. The molecule has 98 valence electrons. The van der Waals surface area contributed by atoms with E-state index in [4.69, 9.17) is 11.6 Å². The van der Waals surface area contributed by atoms with Crippen molar-refractivity contribution in [2.45, 2.75) is 19.9 Å². The smallest absolute Gasteiger partial charge is 0.225 e. The molecular weight excluding hydrogens is 282 g/mol. The van der Waals surface area contributed by atoms with Crippen LogP contribution in [0.2, 0.25) is 5.28 Å².